The second-order valence-electron chi connectivity index (χ2n) is 4.36. The Morgan fingerprint density at radius 1 is 1.24 bits per heavy atom. The minimum absolute atomic E-state index is 0.341. The average Bonchev–Trinajstić information content (AvgIpc) is 2.83. The second-order valence-corrected chi connectivity index (χ2v) is 4.36. The maximum atomic E-state index is 5.50. The number of ether oxygens (including phenoxy) is 1. The van der Waals surface area contributed by atoms with Gasteiger partial charge in [0.05, 0.1) is 18.5 Å². The van der Waals surface area contributed by atoms with E-state index in [1.54, 1.807) is 6.26 Å². The molecular weight excluding hydrogens is 212 g/mol. The summed E-state index contributed by atoms with van der Waals surface area (Å²) in [7, 11) is 0. The van der Waals surface area contributed by atoms with Crippen molar-refractivity contribution in [3.63, 3.8) is 0 Å². The number of allylic oxidation sites excluding steroid dienone is 1. The molecule has 2 heterocycles. The van der Waals surface area contributed by atoms with E-state index in [1.807, 2.05) is 12.1 Å². The van der Waals surface area contributed by atoms with Gasteiger partial charge in [-0.2, -0.15) is 10.2 Å². The summed E-state index contributed by atoms with van der Waals surface area (Å²) < 4.78 is 5.50. The first-order valence-electron chi connectivity index (χ1n) is 5.69. The molecule has 1 atom stereocenters. The molecule has 0 amide bonds. The van der Waals surface area contributed by atoms with Crippen molar-refractivity contribution in [2.45, 2.75) is 0 Å². The highest BCUT2D eigenvalue weighted by Crippen LogP contribution is 2.26. The number of azo groups is 1. The quantitative estimate of drug-likeness (QED) is 0.656. The Balaban J connectivity index is 2.08. The fraction of sp³-hybridized carbons (Fsp3) is 0.143. The molecule has 82 valence electrons. The van der Waals surface area contributed by atoms with Crippen LogP contribution in [0.2, 0.25) is 0 Å². The van der Waals surface area contributed by atoms with Gasteiger partial charge in [0.1, 0.15) is 5.75 Å². The van der Waals surface area contributed by atoms with E-state index in [0.29, 0.717) is 5.92 Å². The molecule has 17 heavy (non-hydrogen) atoms. The smallest absolute Gasteiger partial charge is 0.134 e. The Morgan fingerprint density at radius 3 is 3.24 bits per heavy atom. The maximum absolute atomic E-state index is 5.50. The molecule has 1 aromatic rings. The summed E-state index contributed by atoms with van der Waals surface area (Å²) in [5, 5.41) is 10.7. The molecule has 3 nitrogen and oxygen atoms in total. The molecule has 1 unspecified atom stereocenters. The summed E-state index contributed by atoms with van der Waals surface area (Å²) >= 11 is 0. The van der Waals surface area contributed by atoms with E-state index in [4.69, 9.17) is 4.74 Å². The van der Waals surface area contributed by atoms with Crippen LogP contribution >= 0.6 is 0 Å². The Kier molecular flexibility index (Phi) is 1.66. The van der Waals surface area contributed by atoms with E-state index in [0.717, 1.165) is 23.2 Å². The van der Waals surface area contributed by atoms with Crippen LogP contribution in [-0.2, 0) is 0 Å². The summed E-state index contributed by atoms with van der Waals surface area (Å²) in [5.41, 5.74) is 2.27. The summed E-state index contributed by atoms with van der Waals surface area (Å²) in [6.07, 6.45) is 10.1. The topological polar surface area (TPSA) is 34.0 Å². The van der Waals surface area contributed by atoms with Gasteiger partial charge in [-0.25, -0.2) is 0 Å². The van der Waals surface area contributed by atoms with Gasteiger partial charge in [-0.3, -0.25) is 0 Å². The van der Waals surface area contributed by atoms with E-state index in [2.05, 4.69) is 34.5 Å². The van der Waals surface area contributed by atoms with Crippen LogP contribution in [-0.4, -0.2) is 6.54 Å². The van der Waals surface area contributed by atoms with Crippen LogP contribution in [0.25, 0.3) is 18.2 Å². The van der Waals surface area contributed by atoms with E-state index in [-0.39, 0.29) is 0 Å². The van der Waals surface area contributed by atoms with E-state index < -0.39 is 0 Å². The minimum Gasteiger partial charge on any atom is -0.464 e. The van der Waals surface area contributed by atoms with E-state index >= 15 is 0 Å². The van der Waals surface area contributed by atoms with Crippen LogP contribution in [0.1, 0.15) is 5.56 Å². The Bertz CT molecular complexity index is 710. The lowest BCUT2D eigenvalue weighted by Gasteiger charge is -2.13. The molecule has 0 bridgehead atoms. The van der Waals surface area contributed by atoms with Crippen LogP contribution in [0.5, 0.6) is 5.75 Å². The molecule has 3 aliphatic rings. The highest BCUT2D eigenvalue weighted by Gasteiger charge is 2.21. The van der Waals surface area contributed by atoms with Gasteiger partial charge in [0.25, 0.3) is 0 Å². The largest absolute Gasteiger partial charge is 0.464 e. The monoisotopic (exact) mass is 222 g/mol. The van der Waals surface area contributed by atoms with Gasteiger partial charge in [-0.1, -0.05) is 12.1 Å². The first-order valence-corrected chi connectivity index (χ1v) is 5.69. The molecule has 0 spiro atoms. The highest BCUT2D eigenvalue weighted by atomic mass is 16.5. The maximum Gasteiger partial charge on any atom is 0.134 e. The van der Waals surface area contributed by atoms with E-state index in [9.17, 15) is 0 Å². The number of benzene rings is 1. The van der Waals surface area contributed by atoms with Crippen molar-refractivity contribution in [3.05, 3.63) is 46.2 Å². The molecule has 4 rings (SSSR count). The fourth-order valence-electron chi connectivity index (χ4n) is 2.48. The lowest BCUT2D eigenvalue weighted by molar-refractivity contribution is 0.474. The molecule has 0 radical (unpaired) electrons. The van der Waals surface area contributed by atoms with Crippen LogP contribution in [0.3, 0.4) is 0 Å². The molecule has 0 saturated heterocycles. The predicted octanol–water partition coefficient (Wildman–Crippen LogP) is 1.59. The van der Waals surface area contributed by atoms with Gasteiger partial charge >= 0.3 is 0 Å². The molecule has 0 N–H and O–H groups in total. The van der Waals surface area contributed by atoms with Gasteiger partial charge in [-0.15, -0.1) is 0 Å². The van der Waals surface area contributed by atoms with Crippen LogP contribution in [0.15, 0.2) is 40.4 Å². The molecule has 3 heteroatoms. The molecule has 2 aliphatic heterocycles. The van der Waals surface area contributed by atoms with Crippen LogP contribution in [0.4, 0.5) is 0 Å². The molecule has 0 saturated carbocycles. The third-order valence-corrected chi connectivity index (χ3v) is 3.33. The molecule has 1 aliphatic carbocycles. The summed E-state index contributed by atoms with van der Waals surface area (Å²) in [6.45, 7) is 0.769. The van der Waals surface area contributed by atoms with Gasteiger partial charge in [-0.05, 0) is 35.1 Å². The number of nitrogens with zero attached hydrogens (tertiary/aromatic N) is 2. The van der Waals surface area contributed by atoms with Crippen LogP contribution in [0, 0.1) is 5.92 Å². The zero-order valence-electron chi connectivity index (χ0n) is 9.13. The Labute approximate surface area is 98.1 Å². The Morgan fingerprint density at radius 2 is 2.24 bits per heavy atom. The summed E-state index contributed by atoms with van der Waals surface area (Å²) in [5.74, 6) is 1.26. The van der Waals surface area contributed by atoms with Crippen LogP contribution < -0.4 is 15.2 Å². The van der Waals surface area contributed by atoms with Crippen molar-refractivity contribution in [1.82, 2.24) is 0 Å². The van der Waals surface area contributed by atoms with Crippen molar-refractivity contribution in [1.29, 1.82) is 0 Å². The normalized spacial score (nSPS) is 22.6. The van der Waals surface area contributed by atoms with Gasteiger partial charge in [0, 0.05) is 11.1 Å². The lowest BCUT2D eigenvalue weighted by Crippen LogP contribution is -2.32. The Hall–Kier alpha value is -2.16. The summed E-state index contributed by atoms with van der Waals surface area (Å²) in [4.78, 5) is 0. The van der Waals surface area contributed by atoms with Crippen molar-refractivity contribution in [3.8, 4) is 5.75 Å². The van der Waals surface area contributed by atoms with Gasteiger partial charge in [0.15, 0.2) is 0 Å². The molecular formula is C14H10N2O. The highest BCUT2D eigenvalue weighted by molar-refractivity contribution is 5.65. The number of hydrogen-bond donors (Lipinski definition) is 0. The van der Waals surface area contributed by atoms with Crippen molar-refractivity contribution >= 4 is 18.2 Å². The number of hydrogen-bond acceptors (Lipinski definition) is 3. The second kappa shape index (κ2) is 3.17. The zero-order valence-corrected chi connectivity index (χ0v) is 9.13. The van der Waals surface area contributed by atoms with Crippen molar-refractivity contribution < 1.29 is 4.74 Å². The summed E-state index contributed by atoms with van der Waals surface area (Å²) in [6, 6.07) is 4.08. The van der Waals surface area contributed by atoms with Crippen molar-refractivity contribution in [2.24, 2.45) is 16.1 Å². The lowest BCUT2D eigenvalue weighted by atomic mass is 9.94. The first kappa shape index (κ1) is 8.93. The third-order valence-electron chi connectivity index (χ3n) is 3.33. The minimum atomic E-state index is 0.341. The standard InChI is InChI=1S/C14H10N2O/c1-2-11-12-6-10-8-15-16-13(10)7-9(12)3-4-14(11)17-5-1/h1-7,10H,8H2. The molecule has 0 fully saturated rings. The fourth-order valence-corrected chi connectivity index (χ4v) is 2.48. The zero-order chi connectivity index (χ0) is 11.2. The average molecular weight is 222 g/mol. The number of fused-ring (bicyclic) bond motifs is 4. The number of rotatable bonds is 0. The van der Waals surface area contributed by atoms with E-state index in [1.165, 1.54) is 10.8 Å². The third kappa shape index (κ3) is 1.22. The van der Waals surface area contributed by atoms with Gasteiger partial charge in [0.2, 0.25) is 0 Å². The molecule has 0 aromatic heterocycles. The first-order chi connectivity index (χ1) is 8.42. The van der Waals surface area contributed by atoms with Gasteiger partial charge < -0.3 is 4.74 Å². The molecule has 1 aromatic carbocycles. The predicted molar refractivity (Wildman–Crippen MR) is 65.6 cm³/mol. The SMILES string of the molecule is C1=COc2ccc3c(c2=C1)=CC1CN=NC1=C3. The van der Waals surface area contributed by atoms with Crippen molar-refractivity contribution in [2.75, 3.05) is 6.54 Å².